The first kappa shape index (κ1) is 11.5. The van der Waals surface area contributed by atoms with E-state index in [-0.39, 0.29) is 0 Å². The highest BCUT2D eigenvalue weighted by Gasteiger charge is 1.92. The lowest BCUT2D eigenvalue weighted by Crippen LogP contribution is -2.16. The van der Waals surface area contributed by atoms with Crippen LogP contribution in [0.3, 0.4) is 0 Å². The maximum absolute atomic E-state index is 7.42. The van der Waals surface area contributed by atoms with Gasteiger partial charge in [0, 0.05) is 0 Å². The fraction of sp³-hybridized carbons (Fsp3) is 0. The van der Waals surface area contributed by atoms with Crippen molar-refractivity contribution in [2.45, 2.75) is 0 Å². The molecule has 0 rings (SSSR count). The van der Waals surface area contributed by atoms with E-state index < -0.39 is 0 Å². The van der Waals surface area contributed by atoms with Crippen molar-refractivity contribution in [3.63, 3.8) is 0 Å². The molecule has 0 aliphatic carbocycles. The molecule has 0 fully saturated rings. The first-order chi connectivity index (χ1) is 5.91. The molecule has 0 aliphatic heterocycles. The molecule has 74 valence electrons. The Bertz CT molecular complexity index is 61.4. The van der Waals surface area contributed by atoms with E-state index in [0.29, 0.717) is 0 Å². The lowest BCUT2D eigenvalue weighted by Gasteiger charge is -1.98. The standard InChI is InChI=1S/H3NO11/c2-6-10-8-4-1-5-9-12-11-7-3/h1-3H. The SMILES string of the molecule is OOOOONOOOOOO. The van der Waals surface area contributed by atoms with Gasteiger partial charge in [-0.2, -0.15) is 0 Å². The molecule has 0 aromatic heterocycles. The van der Waals surface area contributed by atoms with Crippen LogP contribution in [-0.4, -0.2) is 10.5 Å². The largest absolute Gasteiger partial charge is 0.219 e. The third-order valence-corrected chi connectivity index (χ3v) is 0.280. The zero-order valence-electron chi connectivity index (χ0n) is 5.07. The summed E-state index contributed by atoms with van der Waals surface area (Å²) in [4.78, 5) is 7.24. The van der Waals surface area contributed by atoms with E-state index in [2.05, 4.69) is 45.2 Å². The van der Waals surface area contributed by atoms with E-state index in [0.717, 1.165) is 0 Å². The summed E-state index contributed by atoms with van der Waals surface area (Å²) in [6.45, 7) is 0. The summed E-state index contributed by atoms with van der Waals surface area (Å²) >= 11 is 0. The topological polar surface area (TPSA) is 136 Å². The van der Waals surface area contributed by atoms with Gasteiger partial charge in [0.15, 0.2) is 0 Å². The van der Waals surface area contributed by atoms with Gasteiger partial charge in [0.1, 0.15) is 0 Å². The van der Waals surface area contributed by atoms with E-state index >= 15 is 0 Å². The van der Waals surface area contributed by atoms with Gasteiger partial charge in [0.2, 0.25) is 0 Å². The van der Waals surface area contributed by atoms with Gasteiger partial charge < -0.3 is 0 Å². The molecule has 0 aromatic carbocycles. The summed E-state index contributed by atoms with van der Waals surface area (Å²) < 4.78 is 0. The molecule has 0 heterocycles. The number of rotatable bonds is 9. The van der Waals surface area contributed by atoms with Gasteiger partial charge >= 0.3 is 0 Å². The molecule has 0 spiro atoms. The molecule has 3 N–H and O–H groups in total. The van der Waals surface area contributed by atoms with Crippen LogP contribution >= 0.6 is 0 Å². The Labute approximate surface area is 62.8 Å². The molecule has 12 nitrogen and oxygen atoms in total. The van der Waals surface area contributed by atoms with Crippen LogP contribution in [0.4, 0.5) is 0 Å². The van der Waals surface area contributed by atoms with Crippen molar-refractivity contribution in [2.24, 2.45) is 0 Å². The second kappa shape index (κ2) is 10.5. The van der Waals surface area contributed by atoms with Crippen molar-refractivity contribution in [2.75, 3.05) is 0 Å². The third kappa shape index (κ3) is 9.52. The van der Waals surface area contributed by atoms with Gasteiger partial charge in [0.05, 0.1) is 0 Å². The van der Waals surface area contributed by atoms with Crippen LogP contribution in [0.2, 0.25) is 0 Å². The molecule has 0 amide bonds. The summed E-state index contributed by atoms with van der Waals surface area (Å²) in [5.74, 6) is 0. The predicted molar refractivity (Wildman–Crippen MR) is 18.2 cm³/mol. The zero-order chi connectivity index (χ0) is 9.07. The Morgan fingerprint density at radius 1 is 0.667 bits per heavy atom. The fourth-order valence-corrected chi connectivity index (χ4v) is 0.106. The van der Waals surface area contributed by atoms with Crippen LogP contribution in [0, 0.1) is 0 Å². The molecular weight excluding hydrogens is 190 g/mol. The highest BCUT2D eigenvalue weighted by Crippen LogP contribution is 1.81. The molecule has 12 heavy (non-hydrogen) atoms. The Kier molecular flexibility index (Phi) is 10.1. The molecule has 0 saturated heterocycles. The lowest BCUT2D eigenvalue weighted by atomic mass is 13.2. The van der Waals surface area contributed by atoms with E-state index in [1.54, 1.807) is 0 Å². The summed E-state index contributed by atoms with van der Waals surface area (Å²) in [6, 6.07) is 0. The summed E-state index contributed by atoms with van der Waals surface area (Å²) in [6.07, 6.45) is 0. The third-order valence-electron chi connectivity index (χ3n) is 0.280. The number of nitrogens with one attached hydrogen (secondary N) is 1. The van der Waals surface area contributed by atoms with Gasteiger partial charge in [0.25, 0.3) is 0 Å². The van der Waals surface area contributed by atoms with Crippen LogP contribution in [0.5, 0.6) is 0 Å². The normalized spacial score (nSPS) is 10.5. The average Bonchev–Trinajstić information content (AvgIpc) is 2.10. The van der Waals surface area contributed by atoms with Gasteiger partial charge in [-0.3, -0.25) is 0 Å². The van der Waals surface area contributed by atoms with E-state index in [1.807, 2.05) is 0 Å². The minimum absolute atomic E-state index is 1.38. The highest BCUT2D eigenvalue weighted by molar-refractivity contribution is 3.36. The first-order valence-electron chi connectivity index (χ1n) is 1.94. The zero-order valence-corrected chi connectivity index (χ0v) is 5.07. The van der Waals surface area contributed by atoms with Gasteiger partial charge in [-0.25, -0.2) is 10.5 Å². The minimum atomic E-state index is 1.38. The smallest absolute Gasteiger partial charge is 0.000979 e. The molecule has 12 heteroatoms. The second-order valence-corrected chi connectivity index (χ2v) is 0.739. The quantitative estimate of drug-likeness (QED) is 0.233. The number of hydrogen-bond acceptors (Lipinski definition) is 12. The van der Waals surface area contributed by atoms with E-state index in [9.17, 15) is 0 Å². The molecule has 0 radical (unpaired) electrons. The Balaban J connectivity index is 2.73. The maximum Gasteiger partial charge on any atom is -0.000979 e. The van der Waals surface area contributed by atoms with Crippen LogP contribution in [0.1, 0.15) is 0 Å². The van der Waals surface area contributed by atoms with Gasteiger partial charge in [-0.1, -0.05) is 9.98 Å². The van der Waals surface area contributed by atoms with Crippen molar-refractivity contribution >= 4 is 0 Å². The van der Waals surface area contributed by atoms with E-state index in [4.69, 9.17) is 10.5 Å². The average molecular weight is 193 g/mol. The van der Waals surface area contributed by atoms with Gasteiger partial charge in [-0.15, -0.1) is 0 Å². The van der Waals surface area contributed by atoms with Crippen LogP contribution in [0.25, 0.3) is 0 Å². The minimum Gasteiger partial charge on any atom is -0.219 e. The maximum atomic E-state index is 7.42. The summed E-state index contributed by atoms with van der Waals surface area (Å²) in [5.41, 5.74) is 1.38. The lowest BCUT2D eigenvalue weighted by molar-refractivity contribution is -0.781. The fourth-order valence-electron chi connectivity index (χ4n) is 0.106. The molecule has 0 saturated carbocycles. The Morgan fingerprint density at radius 2 is 1.17 bits per heavy atom. The van der Waals surface area contributed by atoms with Crippen LogP contribution < -0.4 is 5.64 Å². The van der Waals surface area contributed by atoms with Crippen molar-refractivity contribution in [3.05, 3.63) is 0 Å². The molecule has 0 atom stereocenters. The van der Waals surface area contributed by atoms with E-state index in [1.165, 1.54) is 5.64 Å². The molecule has 0 unspecified atom stereocenters. The van der Waals surface area contributed by atoms with Crippen molar-refractivity contribution < 1.29 is 55.8 Å². The summed E-state index contributed by atoms with van der Waals surface area (Å²) in [7, 11) is 0. The Morgan fingerprint density at radius 3 is 1.75 bits per heavy atom. The van der Waals surface area contributed by atoms with Gasteiger partial charge in [-0.05, 0) is 40.9 Å². The highest BCUT2D eigenvalue weighted by atomic mass is 17.8. The van der Waals surface area contributed by atoms with Crippen LogP contribution in [0.15, 0.2) is 0 Å². The number of hydrogen-bond donors (Lipinski definition) is 3. The first-order valence-corrected chi connectivity index (χ1v) is 1.94. The van der Waals surface area contributed by atoms with Crippen molar-refractivity contribution in [1.82, 2.24) is 5.64 Å². The second-order valence-electron chi connectivity index (χ2n) is 0.739. The van der Waals surface area contributed by atoms with Crippen molar-refractivity contribution in [3.8, 4) is 0 Å². The molecule has 0 aliphatic rings. The van der Waals surface area contributed by atoms with Crippen LogP contribution in [-0.2, 0) is 45.2 Å². The summed E-state index contributed by atoms with van der Waals surface area (Å²) in [5, 5.41) is 37.4. The predicted octanol–water partition coefficient (Wildman–Crippen LogP) is -1.09. The monoisotopic (exact) mass is 193 g/mol. The van der Waals surface area contributed by atoms with Crippen molar-refractivity contribution in [1.29, 1.82) is 0 Å². The molecule has 0 bridgehead atoms. The Hall–Kier alpha value is -0.480. The molecular formula is H3NO11. The molecule has 0 aromatic rings.